The molecule has 1 heterocycles. The van der Waals surface area contributed by atoms with Crippen LogP contribution in [0, 0.1) is 0 Å². The van der Waals surface area contributed by atoms with Gasteiger partial charge in [0.15, 0.2) is 0 Å². The Balaban J connectivity index is 2.45. The number of aromatic nitrogens is 1. The zero-order valence-electron chi connectivity index (χ0n) is 9.00. The molecule has 0 amide bonds. The fourth-order valence-electron chi connectivity index (χ4n) is 2.04. The summed E-state index contributed by atoms with van der Waals surface area (Å²) in [6.45, 7) is 0. The molecule has 0 spiro atoms. The van der Waals surface area contributed by atoms with Gasteiger partial charge in [0.1, 0.15) is 5.75 Å². The normalized spacial score (nSPS) is 10.6. The number of nitrogens with zero attached hydrogens (tertiary/aromatic N) is 1. The maximum absolute atomic E-state index is 8.79. The standard InChI is InChI=1S/C13H9BNO2/c16-14-17-12-8-9-4-3-7-15-13(9)11-6-2-1-5-10(11)12/h1-8,16H. The van der Waals surface area contributed by atoms with Gasteiger partial charge in [-0.25, -0.2) is 0 Å². The molecule has 0 aliphatic carbocycles. The first-order chi connectivity index (χ1) is 8.40. The summed E-state index contributed by atoms with van der Waals surface area (Å²) in [4.78, 5) is 4.38. The van der Waals surface area contributed by atoms with Crippen molar-refractivity contribution in [3.8, 4) is 5.75 Å². The van der Waals surface area contributed by atoms with Crippen LogP contribution in [0.1, 0.15) is 0 Å². The average molecular weight is 222 g/mol. The molecule has 4 heteroatoms. The Morgan fingerprint density at radius 3 is 2.71 bits per heavy atom. The highest BCUT2D eigenvalue weighted by Crippen LogP contribution is 2.31. The second kappa shape index (κ2) is 4.07. The summed E-state index contributed by atoms with van der Waals surface area (Å²) in [5.41, 5.74) is 0.938. The van der Waals surface area contributed by atoms with E-state index in [-0.39, 0.29) is 0 Å². The Hall–Kier alpha value is -2.07. The molecule has 1 aromatic heterocycles. The molecule has 3 nitrogen and oxygen atoms in total. The van der Waals surface area contributed by atoms with Gasteiger partial charge in [-0.05, 0) is 12.1 Å². The quantitative estimate of drug-likeness (QED) is 0.534. The number of pyridine rings is 1. The molecule has 1 N–H and O–H groups in total. The topological polar surface area (TPSA) is 42.4 Å². The van der Waals surface area contributed by atoms with Gasteiger partial charge in [-0.15, -0.1) is 0 Å². The van der Waals surface area contributed by atoms with Gasteiger partial charge in [0, 0.05) is 22.4 Å². The first kappa shape index (κ1) is 10.1. The van der Waals surface area contributed by atoms with Crippen LogP contribution in [-0.4, -0.2) is 17.7 Å². The van der Waals surface area contributed by atoms with Crippen molar-refractivity contribution in [1.82, 2.24) is 4.98 Å². The summed E-state index contributed by atoms with van der Waals surface area (Å²) in [5, 5.41) is 11.7. The fraction of sp³-hybridized carbons (Fsp3) is 0. The van der Waals surface area contributed by atoms with Crippen LogP contribution in [0.5, 0.6) is 5.75 Å². The van der Waals surface area contributed by atoms with Gasteiger partial charge >= 0.3 is 7.69 Å². The maximum atomic E-state index is 8.79. The van der Waals surface area contributed by atoms with Crippen molar-refractivity contribution in [3.05, 3.63) is 48.7 Å². The lowest BCUT2D eigenvalue weighted by atomic mass is 10.0. The zero-order valence-corrected chi connectivity index (χ0v) is 9.00. The summed E-state index contributed by atoms with van der Waals surface area (Å²) in [6, 6.07) is 13.6. The monoisotopic (exact) mass is 222 g/mol. The van der Waals surface area contributed by atoms with E-state index in [0.717, 1.165) is 21.7 Å². The van der Waals surface area contributed by atoms with Crippen molar-refractivity contribution < 1.29 is 9.68 Å². The first-order valence-electron chi connectivity index (χ1n) is 5.29. The van der Waals surface area contributed by atoms with E-state index in [1.54, 1.807) is 6.20 Å². The van der Waals surface area contributed by atoms with E-state index >= 15 is 0 Å². The lowest BCUT2D eigenvalue weighted by molar-refractivity contribution is 0.457. The third kappa shape index (κ3) is 1.63. The van der Waals surface area contributed by atoms with Crippen LogP contribution < -0.4 is 4.65 Å². The first-order valence-corrected chi connectivity index (χ1v) is 5.29. The van der Waals surface area contributed by atoms with Crippen molar-refractivity contribution in [2.75, 3.05) is 0 Å². The number of hydrogen-bond donors (Lipinski definition) is 1. The lowest BCUT2D eigenvalue weighted by Crippen LogP contribution is -2.00. The summed E-state index contributed by atoms with van der Waals surface area (Å²) in [6.07, 6.45) is 1.77. The fourth-order valence-corrected chi connectivity index (χ4v) is 2.04. The largest absolute Gasteiger partial charge is 0.569 e. The molecule has 81 valence electrons. The zero-order chi connectivity index (χ0) is 11.7. The number of hydrogen-bond acceptors (Lipinski definition) is 3. The third-order valence-electron chi connectivity index (χ3n) is 2.75. The molecule has 1 radical (unpaired) electrons. The van der Waals surface area contributed by atoms with E-state index in [0.29, 0.717) is 13.4 Å². The van der Waals surface area contributed by atoms with Gasteiger partial charge in [-0.1, -0.05) is 30.3 Å². The van der Waals surface area contributed by atoms with Crippen LogP contribution in [0.3, 0.4) is 0 Å². The molecule has 0 unspecified atom stereocenters. The maximum Gasteiger partial charge on any atom is 0.569 e. The smallest absolute Gasteiger partial charge is 0.537 e. The van der Waals surface area contributed by atoms with E-state index in [1.165, 1.54) is 0 Å². The summed E-state index contributed by atoms with van der Waals surface area (Å²) >= 11 is 0. The van der Waals surface area contributed by atoms with Crippen molar-refractivity contribution in [2.24, 2.45) is 0 Å². The van der Waals surface area contributed by atoms with Crippen LogP contribution >= 0.6 is 0 Å². The minimum Gasteiger partial charge on any atom is -0.537 e. The molecule has 0 aliphatic heterocycles. The van der Waals surface area contributed by atoms with Crippen LogP contribution in [0.4, 0.5) is 0 Å². The Labute approximate surface area is 99.0 Å². The number of fused-ring (bicyclic) bond motifs is 3. The molecule has 17 heavy (non-hydrogen) atoms. The van der Waals surface area contributed by atoms with Gasteiger partial charge in [0.25, 0.3) is 0 Å². The Morgan fingerprint density at radius 1 is 1.06 bits per heavy atom. The Bertz CT molecular complexity index is 684. The molecule has 3 rings (SSSR count). The van der Waals surface area contributed by atoms with Crippen molar-refractivity contribution in [3.63, 3.8) is 0 Å². The van der Waals surface area contributed by atoms with Crippen molar-refractivity contribution >= 4 is 29.4 Å². The Kier molecular flexibility index (Phi) is 2.42. The van der Waals surface area contributed by atoms with Crippen molar-refractivity contribution in [2.45, 2.75) is 0 Å². The van der Waals surface area contributed by atoms with Gasteiger partial charge in [0.05, 0.1) is 5.52 Å². The summed E-state index contributed by atoms with van der Waals surface area (Å²) in [7, 11) is 0.698. The molecule has 0 bridgehead atoms. The van der Waals surface area contributed by atoms with Crippen LogP contribution in [0.15, 0.2) is 48.7 Å². The highest BCUT2D eigenvalue weighted by molar-refractivity contribution is 6.19. The highest BCUT2D eigenvalue weighted by Gasteiger charge is 2.07. The molecular weight excluding hydrogens is 213 g/mol. The predicted molar refractivity (Wildman–Crippen MR) is 67.8 cm³/mol. The van der Waals surface area contributed by atoms with Crippen LogP contribution in [0.25, 0.3) is 21.7 Å². The van der Waals surface area contributed by atoms with Gasteiger partial charge in [-0.2, -0.15) is 0 Å². The lowest BCUT2D eigenvalue weighted by Gasteiger charge is -2.09. The van der Waals surface area contributed by atoms with E-state index in [2.05, 4.69) is 4.98 Å². The van der Waals surface area contributed by atoms with Gasteiger partial charge in [-0.3, -0.25) is 4.98 Å². The molecule has 0 saturated carbocycles. The van der Waals surface area contributed by atoms with E-state index < -0.39 is 0 Å². The van der Waals surface area contributed by atoms with E-state index in [9.17, 15) is 0 Å². The van der Waals surface area contributed by atoms with E-state index in [1.807, 2.05) is 42.5 Å². The second-order valence-electron chi connectivity index (χ2n) is 3.72. The SMILES string of the molecule is O[B]Oc1cc2cccnc2c2ccccc12. The minimum absolute atomic E-state index is 0.628. The highest BCUT2D eigenvalue weighted by atomic mass is 16.5. The molecule has 3 aromatic rings. The number of rotatable bonds is 2. The molecule has 0 fully saturated rings. The third-order valence-corrected chi connectivity index (χ3v) is 2.75. The second-order valence-corrected chi connectivity index (χ2v) is 3.72. The Morgan fingerprint density at radius 2 is 1.88 bits per heavy atom. The van der Waals surface area contributed by atoms with Crippen LogP contribution in [0.2, 0.25) is 0 Å². The average Bonchev–Trinajstić information content (AvgIpc) is 2.39. The molecule has 0 atom stereocenters. The predicted octanol–water partition coefficient (Wildman–Crippen LogP) is 2.29. The van der Waals surface area contributed by atoms with Crippen LogP contribution in [-0.2, 0) is 0 Å². The van der Waals surface area contributed by atoms with Gasteiger partial charge in [0.2, 0.25) is 0 Å². The summed E-state index contributed by atoms with van der Waals surface area (Å²) < 4.78 is 5.13. The minimum atomic E-state index is 0.628. The van der Waals surface area contributed by atoms with Gasteiger partial charge < -0.3 is 9.68 Å². The molecule has 2 aromatic carbocycles. The molecular formula is C13H9BNO2. The summed E-state index contributed by atoms with van der Waals surface area (Å²) in [5.74, 6) is 0.628. The van der Waals surface area contributed by atoms with E-state index in [4.69, 9.17) is 9.68 Å². The molecule has 0 aliphatic rings. The molecule has 0 saturated heterocycles. The number of benzene rings is 2. The van der Waals surface area contributed by atoms with Crippen molar-refractivity contribution in [1.29, 1.82) is 0 Å².